The number of hydrogen-bond donors (Lipinski definition) is 1. The fourth-order valence-electron chi connectivity index (χ4n) is 4.77. The number of piperazine rings is 1. The van der Waals surface area contributed by atoms with Gasteiger partial charge in [-0.2, -0.15) is 0 Å². The maximum atomic E-state index is 12.9. The first-order valence-corrected chi connectivity index (χ1v) is 12.0. The van der Waals surface area contributed by atoms with Crippen LogP contribution in [0.4, 0.5) is 5.69 Å². The van der Waals surface area contributed by atoms with E-state index in [1.165, 1.54) is 5.56 Å². The largest absolute Gasteiger partial charge is 0.486 e. The Bertz CT molecular complexity index is 1050. The molecule has 0 bridgehead atoms. The minimum Gasteiger partial charge on any atom is -0.486 e. The molecule has 34 heavy (non-hydrogen) atoms. The molecule has 180 valence electrons. The van der Waals surface area contributed by atoms with Gasteiger partial charge in [0, 0.05) is 64.0 Å². The van der Waals surface area contributed by atoms with Crippen molar-refractivity contribution in [3.05, 3.63) is 53.6 Å². The number of nitrogens with zero attached hydrogens (tertiary/aromatic N) is 3. The molecule has 2 saturated heterocycles. The summed E-state index contributed by atoms with van der Waals surface area (Å²) >= 11 is 0. The minimum absolute atomic E-state index is 0.0500. The molecule has 5 rings (SSSR count). The summed E-state index contributed by atoms with van der Waals surface area (Å²) in [4.78, 5) is 32.0. The lowest BCUT2D eigenvalue weighted by Crippen LogP contribution is -2.43. The van der Waals surface area contributed by atoms with Gasteiger partial charge in [-0.15, -0.1) is 0 Å². The van der Waals surface area contributed by atoms with Crippen LogP contribution >= 0.6 is 0 Å². The summed E-state index contributed by atoms with van der Waals surface area (Å²) in [5.74, 6) is 0.824. The molecule has 1 N–H and O–H groups in total. The number of likely N-dealkylation sites (N-methyl/N-ethyl adjacent to an activating group) is 1. The third-order valence-electron chi connectivity index (χ3n) is 6.79. The summed E-state index contributed by atoms with van der Waals surface area (Å²) in [5, 5.41) is 3.04. The Morgan fingerprint density at radius 3 is 2.59 bits per heavy atom. The van der Waals surface area contributed by atoms with Gasteiger partial charge in [-0.25, -0.2) is 0 Å². The van der Waals surface area contributed by atoms with Crippen molar-refractivity contribution in [1.82, 2.24) is 15.1 Å². The first-order chi connectivity index (χ1) is 16.5. The first-order valence-electron chi connectivity index (χ1n) is 12.0. The summed E-state index contributed by atoms with van der Waals surface area (Å²) in [7, 11) is 2.16. The zero-order chi connectivity index (χ0) is 23.5. The smallest absolute Gasteiger partial charge is 0.227 e. The van der Waals surface area contributed by atoms with Gasteiger partial charge in [-0.05, 0) is 30.3 Å². The summed E-state index contributed by atoms with van der Waals surface area (Å²) in [6.45, 7) is 7.12. The van der Waals surface area contributed by atoms with E-state index in [2.05, 4.69) is 40.4 Å². The molecule has 8 heteroatoms. The molecule has 8 nitrogen and oxygen atoms in total. The number of hydrogen-bond acceptors (Lipinski definition) is 6. The fourth-order valence-corrected chi connectivity index (χ4v) is 4.77. The lowest BCUT2D eigenvalue weighted by molar-refractivity contribution is -0.126. The van der Waals surface area contributed by atoms with Crippen LogP contribution in [0.3, 0.4) is 0 Å². The number of rotatable bonds is 6. The highest BCUT2D eigenvalue weighted by Crippen LogP contribution is 2.36. The van der Waals surface area contributed by atoms with Gasteiger partial charge in [0.15, 0.2) is 11.5 Å². The van der Waals surface area contributed by atoms with Crippen molar-refractivity contribution < 1.29 is 19.1 Å². The van der Waals surface area contributed by atoms with E-state index in [1.807, 2.05) is 24.3 Å². The molecule has 1 atom stereocenters. The van der Waals surface area contributed by atoms with Gasteiger partial charge < -0.3 is 24.6 Å². The molecule has 3 aliphatic rings. The number of carbonyl (C=O) groups is 2. The van der Waals surface area contributed by atoms with E-state index in [0.717, 1.165) is 44.0 Å². The quantitative estimate of drug-likeness (QED) is 0.704. The van der Waals surface area contributed by atoms with Crippen LogP contribution in [0.2, 0.25) is 0 Å². The van der Waals surface area contributed by atoms with Crippen LogP contribution in [-0.4, -0.2) is 74.6 Å². The van der Waals surface area contributed by atoms with Crippen molar-refractivity contribution in [3.8, 4) is 11.5 Å². The number of anilines is 1. The van der Waals surface area contributed by atoms with Crippen LogP contribution in [0.25, 0.3) is 0 Å². The molecule has 2 fully saturated rings. The van der Waals surface area contributed by atoms with E-state index in [4.69, 9.17) is 9.47 Å². The van der Waals surface area contributed by atoms with Gasteiger partial charge in [0.05, 0.1) is 5.92 Å². The predicted molar refractivity (Wildman–Crippen MR) is 129 cm³/mol. The van der Waals surface area contributed by atoms with Gasteiger partial charge in [0.1, 0.15) is 13.2 Å². The molecule has 2 aromatic rings. The van der Waals surface area contributed by atoms with Crippen molar-refractivity contribution in [2.75, 3.05) is 57.9 Å². The van der Waals surface area contributed by atoms with Gasteiger partial charge >= 0.3 is 0 Å². The highest BCUT2D eigenvalue weighted by molar-refractivity contribution is 6.00. The average molecular weight is 465 g/mol. The molecule has 0 aliphatic carbocycles. The molecule has 2 aromatic carbocycles. The van der Waals surface area contributed by atoms with Crippen LogP contribution in [-0.2, 0) is 22.7 Å². The SMILES string of the molecule is CN1CCN(Cc2cccc(CNC(=O)C3CC(=O)N(c4ccc5c(c4)OCCO5)C3)c2)CC1. The molecule has 0 radical (unpaired) electrons. The highest BCUT2D eigenvalue weighted by atomic mass is 16.6. The van der Waals surface area contributed by atoms with Crippen molar-refractivity contribution in [2.24, 2.45) is 5.92 Å². The molecule has 0 saturated carbocycles. The van der Waals surface area contributed by atoms with Crippen molar-refractivity contribution in [2.45, 2.75) is 19.5 Å². The number of amides is 2. The highest BCUT2D eigenvalue weighted by Gasteiger charge is 2.35. The molecule has 3 aliphatic heterocycles. The van der Waals surface area contributed by atoms with Crippen LogP contribution in [0, 0.1) is 5.92 Å². The average Bonchev–Trinajstić information content (AvgIpc) is 3.25. The van der Waals surface area contributed by atoms with Crippen LogP contribution in [0.15, 0.2) is 42.5 Å². The predicted octanol–water partition coefficient (Wildman–Crippen LogP) is 1.87. The monoisotopic (exact) mass is 464 g/mol. The van der Waals surface area contributed by atoms with Crippen molar-refractivity contribution >= 4 is 17.5 Å². The van der Waals surface area contributed by atoms with Gasteiger partial charge in [-0.1, -0.05) is 24.3 Å². The number of nitrogens with one attached hydrogen (secondary N) is 1. The lowest BCUT2D eigenvalue weighted by Gasteiger charge is -2.32. The number of benzene rings is 2. The molecule has 2 amide bonds. The third-order valence-corrected chi connectivity index (χ3v) is 6.79. The Hall–Kier alpha value is -3.10. The van der Waals surface area contributed by atoms with Crippen LogP contribution in [0.1, 0.15) is 17.5 Å². The Labute approximate surface area is 200 Å². The first kappa shape index (κ1) is 22.7. The van der Waals surface area contributed by atoms with E-state index in [-0.39, 0.29) is 24.2 Å². The van der Waals surface area contributed by atoms with E-state index in [1.54, 1.807) is 4.90 Å². The molecular weight excluding hydrogens is 432 g/mol. The Kier molecular flexibility index (Phi) is 6.69. The van der Waals surface area contributed by atoms with E-state index in [0.29, 0.717) is 37.8 Å². The molecule has 1 unspecified atom stereocenters. The maximum Gasteiger partial charge on any atom is 0.227 e. The van der Waals surface area contributed by atoms with Gasteiger partial charge in [-0.3, -0.25) is 14.5 Å². The minimum atomic E-state index is -0.366. The second kappa shape index (κ2) is 10.0. The molecule has 0 aromatic heterocycles. The summed E-state index contributed by atoms with van der Waals surface area (Å²) in [5.41, 5.74) is 3.08. The van der Waals surface area contributed by atoms with E-state index < -0.39 is 0 Å². The lowest BCUT2D eigenvalue weighted by atomic mass is 10.1. The Morgan fingerprint density at radius 1 is 1.00 bits per heavy atom. The van der Waals surface area contributed by atoms with Gasteiger partial charge in [0.25, 0.3) is 0 Å². The second-order valence-corrected chi connectivity index (χ2v) is 9.35. The normalized spacial score (nSPS) is 21.0. The number of carbonyl (C=O) groups excluding carboxylic acids is 2. The topological polar surface area (TPSA) is 74.4 Å². The number of ether oxygens (including phenoxy) is 2. The molecule has 3 heterocycles. The molecular formula is C26H32N4O4. The maximum absolute atomic E-state index is 12.9. The number of fused-ring (bicyclic) bond motifs is 1. The fraction of sp³-hybridized carbons (Fsp3) is 0.462. The van der Waals surface area contributed by atoms with E-state index in [9.17, 15) is 9.59 Å². The van der Waals surface area contributed by atoms with Crippen LogP contribution in [0.5, 0.6) is 11.5 Å². The van der Waals surface area contributed by atoms with Crippen molar-refractivity contribution in [1.29, 1.82) is 0 Å². The van der Waals surface area contributed by atoms with Gasteiger partial charge in [0.2, 0.25) is 11.8 Å². The Balaban J connectivity index is 1.15. The second-order valence-electron chi connectivity index (χ2n) is 9.35. The summed E-state index contributed by atoms with van der Waals surface area (Å²) < 4.78 is 11.2. The standard InChI is InChI=1S/C26H32N4O4/c1-28-7-9-29(10-8-28)17-20-4-2-3-19(13-20)16-27-26(32)21-14-25(31)30(18-21)22-5-6-23-24(15-22)34-12-11-33-23/h2-6,13,15,21H,7-12,14,16-18H2,1H3,(H,27,32). The van der Waals surface area contributed by atoms with Crippen LogP contribution < -0.4 is 19.7 Å². The molecule has 0 spiro atoms. The summed E-state index contributed by atoms with van der Waals surface area (Å²) in [6, 6.07) is 13.9. The summed E-state index contributed by atoms with van der Waals surface area (Å²) in [6.07, 6.45) is 0.212. The zero-order valence-corrected chi connectivity index (χ0v) is 19.7. The third kappa shape index (κ3) is 5.18. The zero-order valence-electron chi connectivity index (χ0n) is 19.7. The van der Waals surface area contributed by atoms with Crippen molar-refractivity contribution in [3.63, 3.8) is 0 Å². The Morgan fingerprint density at radius 2 is 1.76 bits per heavy atom. The van der Waals surface area contributed by atoms with E-state index >= 15 is 0 Å².